The number of carbonyl (C=O) groups excluding carboxylic acids is 1. The number of hydrogen-bond donors (Lipinski definition) is 2. The van der Waals surface area contributed by atoms with Crippen LogP contribution in [0.5, 0.6) is 0 Å². The van der Waals surface area contributed by atoms with Gasteiger partial charge in [0.05, 0.1) is 0 Å². The summed E-state index contributed by atoms with van der Waals surface area (Å²) in [5.41, 5.74) is 0. The highest BCUT2D eigenvalue weighted by Gasteiger charge is 2.14. The van der Waals surface area contributed by atoms with Crippen LogP contribution in [0.3, 0.4) is 0 Å². The Morgan fingerprint density at radius 3 is 3.17 bits per heavy atom. The van der Waals surface area contributed by atoms with Crippen LogP contribution >= 0.6 is 0 Å². The minimum Gasteiger partial charge on any atom is -0.314 e. The SMILES string of the molecule is N#CNC(=O)CCC1CCCN1. The van der Waals surface area contributed by atoms with Gasteiger partial charge in [0, 0.05) is 12.5 Å². The molecule has 66 valence electrons. The quantitative estimate of drug-likeness (QED) is 0.463. The minimum atomic E-state index is -0.175. The largest absolute Gasteiger partial charge is 0.314 e. The summed E-state index contributed by atoms with van der Waals surface area (Å²) in [4.78, 5) is 10.8. The predicted molar refractivity (Wildman–Crippen MR) is 44.0 cm³/mol. The van der Waals surface area contributed by atoms with Crippen molar-refractivity contribution >= 4 is 5.91 Å². The van der Waals surface area contributed by atoms with Gasteiger partial charge in [0.15, 0.2) is 6.19 Å². The van der Waals surface area contributed by atoms with E-state index in [1.807, 2.05) is 0 Å². The normalized spacial score (nSPS) is 21.8. The lowest BCUT2D eigenvalue weighted by Gasteiger charge is -2.07. The summed E-state index contributed by atoms with van der Waals surface area (Å²) in [6.07, 6.45) is 5.26. The fourth-order valence-electron chi connectivity index (χ4n) is 1.43. The van der Waals surface area contributed by atoms with Crippen molar-refractivity contribution in [1.82, 2.24) is 10.6 Å². The molecule has 0 aliphatic carbocycles. The van der Waals surface area contributed by atoms with Gasteiger partial charge in [-0.15, -0.1) is 0 Å². The molecule has 1 aliphatic heterocycles. The van der Waals surface area contributed by atoms with Crippen molar-refractivity contribution in [3.05, 3.63) is 0 Å². The van der Waals surface area contributed by atoms with Crippen LogP contribution in [0, 0.1) is 11.5 Å². The second kappa shape index (κ2) is 4.73. The van der Waals surface area contributed by atoms with Gasteiger partial charge >= 0.3 is 0 Å². The molecule has 1 heterocycles. The molecule has 0 bridgehead atoms. The van der Waals surface area contributed by atoms with Crippen molar-refractivity contribution < 1.29 is 4.79 Å². The first-order chi connectivity index (χ1) is 5.83. The summed E-state index contributed by atoms with van der Waals surface area (Å²) in [5, 5.41) is 13.5. The van der Waals surface area contributed by atoms with E-state index in [1.165, 1.54) is 6.42 Å². The number of nitrogens with zero attached hydrogens (tertiary/aromatic N) is 1. The molecule has 1 fully saturated rings. The lowest BCUT2D eigenvalue weighted by Crippen LogP contribution is -2.25. The van der Waals surface area contributed by atoms with Gasteiger partial charge < -0.3 is 5.32 Å². The molecule has 0 aromatic carbocycles. The standard InChI is InChI=1S/C8H13N3O/c9-6-11-8(12)4-3-7-2-1-5-10-7/h7,10H,1-5H2,(H,11,12). The van der Waals surface area contributed by atoms with Crippen molar-refractivity contribution in [2.75, 3.05) is 6.54 Å². The molecule has 1 amide bonds. The highest BCUT2D eigenvalue weighted by atomic mass is 16.1. The molecule has 1 saturated heterocycles. The minimum absolute atomic E-state index is 0.175. The van der Waals surface area contributed by atoms with Crippen LogP contribution in [0.25, 0.3) is 0 Å². The summed E-state index contributed by atoms with van der Waals surface area (Å²) in [6.45, 7) is 1.06. The first-order valence-corrected chi connectivity index (χ1v) is 4.24. The average Bonchev–Trinajstić information content (AvgIpc) is 2.53. The van der Waals surface area contributed by atoms with Crippen LogP contribution in [-0.2, 0) is 4.79 Å². The van der Waals surface area contributed by atoms with Gasteiger partial charge in [-0.25, -0.2) is 0 Å². The van der Waals surface area contributed by atoms with E-state index in [1.54, 1.807) is 6.19 Å². The van der Waals surface area contributed by atoms with Crippen molar-refractivity contribution in [2.24, 2.45) is 0 Å². The van der Waals surface area contributed by atoms with E-state index < -0.39 is 0 Å². The van der Waals surface area contributed by atoms with Gasteiger partial charge in [-0.2, -0.15) is 5.26 Å². The number of hydrogen-bond acceptors (Lipinski definition) is 3. The molecule has 0 saturated carbocycles. The first kappa shape index (κ1) is 9.01. The van der Waals surface area contributed by atoms with E-state index in [4.69, 9.17) is 5.26 Å². The van der Waals surface area contributed by atoms with Gasteiger partial charge in [-0.1, -0.05) is 0 Å². The Labute approximate surface area is 71.9 Å². The Morgan fingerprint density at radius 2 is 2.58 bits per heavy atom. The number of amides is 1. The summed E-state index contributed by atoms with van der Waals surface area (Å²) in [7, 11) is 0. The fourth-order valence-corrected chi connectivity index (χ4v) is 1.43. The molecule has 2 N–H and O–H groups in total. The highest BCUT2D eigenvalue weighted by Crippen LogP contribution is 2.10. The van der Waals surface area contributed by atoms with Gasteiger partial charge in [0.1, 0.15) is 0 Å². The maximum atomic E-state index is 10.8. The summed E-state index contributed by atoms with van der Waals surface area (Å²) in [5.74, 6) is -0.175. The zero-order valence-corrected chi connectivity index (χ0v) is 6.97. The molecule has 0 spiro atoms. The molecular weight excluding hydrogens is 154 g/mol. The van der Waals surface area contributed by atoms with E-state index in [9.17, 15) is 4.79 Å². The second-order valence-corrected chi connectivity index (χ2v) is 2.99. The van der Waals surface area contributed by atoms with Crippen molar-refractivity contribution in [3.63, 3.8) is 0 Å². The van der Waals surface area contributed by atoms with Crippen LogP contribution < -0.4 is 10.6 Å². The Morgan fingerprint density at radius 1 is 1.75 bits per heavy atom. The Hall–Kier alpha value is -1.08. The number of rotatable bonds is 3. The second-order valence-electron chi connectivity index (χ2n) is 2.99. The van der Waals surface area contributed by atoms with Crippen molar-refractivity contribution in [3.8, 4) is 6.19 Å². The first-order valence-electron chi connectivity index (χ1n) is 4.24. The Balaban J connectivity index is 2.08. The van der Waals surface area contributed by atoms with Crippen molar-refractivity contribution in [2.45, 2.75) is 31.7 Å². The topological polar surface area (TPSA) is 64.9 Å². The van der Waals surface area contributed by atoms with Crippen LogP contribution in [0.2, 0.25) is 0 Å². The average molecular weight is 167 g/mol. The third-order valence-corrected chi connectivity index (χ3v) is 2.08. The lowest BCUT2D eigenvalue weighted by atomic mass is 10.1. The van der Waals surface area contributed by atoms with E-state index in [0.29, 0.717) is 12.5 Å². The van der Waals surface area contributed by atoms with E-state index in [0.717, 1.165) is 19.4 Å². The smallest absolute Gasteiger partial charge is 0.233 e. The monoisotopic (exact) mass is 167 g/mol. The third kappa shape index (κ3) is 2.89. The highest BCUT2D eigenvalue weighted by molar-refractivity contribution is 5.77. The Bertz CT molecular complexity index is 191. The zero-order chi connectivity index (χ0) is 8.81. The molecule has 0 aromatic rings. The molecule has 1 aliphatic rings. The molecule has 4 nitrogen and oxygen atoms in total. The molecule has 1 unspecified atom stereocenters. The Kier molecular flexibility index (Phi) is 3.55. The van der Waals surface area contributed by atoms with Crippen LogP contribution in [0.1, 0.15) is 25.7 Å². The number of nitriles is 1. The molecule has 1 rings (SSSR count). The summed E-state index contributed by atoms with van der Waals surface area (Å²) >= 11 is 0. The molecule has 0 aromatic heterocycles. The molecule has 12 heavy (non-hydrogen) atoms. The van der Waals surface area contributed by atoms with Gasteiger partial charge in [-0.3, -0.25) is 10.1 Å². The third-order valence-electron chi connectivity index (χ3n) is 2.08. The van der Waals surface area contributed by atoms with Crippen LogP contribution in [0.4, 0.5) is 0 Å². The van der Waals surface area contributed by atoms with E-state index in [-0.39, 0.29) is 5.91 Å². The summed E-state index contributed by atoms with van der Waals surface area (Å²) < 4.78 is 0. The molecule has 0 radical (unpaired) electrons. The lowest BCUT2D eigenvalue weighted by molar-refractivity contribution is -0.120. The molecular formula is C8H13N3O. The van der Waals surface area contributed by atoms with Crippen LogP contribution in [-0.4, -0.2) is 18.5 Å². The maximum absolute atomic E-state index is 10.8. The van der Waals surface area contributed by atoms with E-state index in [2.05, 4.69) is 10.6 Å². The molecule has 1 atom stereocenters. The van der Waals surface area contributed by atoms with Crippen LogP contribution in [0.15, 0.2) is 0 Å². The van der Waals surface area contributed by atoms with Gasteiger partial charge in [0.2, 0.25) is 5.91 Å². The zero-order valence-electron chi connectivity index (χ0n) is 6.97. The predicted octanol–water partition coefficient (Wildman–Crippen LogP) is 0.116. The van der Waals surface area contributed by atoms with Gasteiger partial charge in [-0.05, 0) is 25.8 Å². The fraction of sp³-hybridized carbons (Fsp3) is 0.750. The van der Waals surface area contributed by atoms with Crippen molar-refractivity contribution in [1.29, 1.82) is 5.26 Å². The number of carbonyl (C=O) groups is 1. The molecule has 4 heteroatoms. The summed E-state index contributed by atoms with van der Waals surface area (Å²) in [6, 6.07) is 0.481. The van der Waals surface area contributed by atoms with Gasteiger partial charge in [0.25, 0.3) is 0 Å². The number of nitrogens with one attached hydrogen (secondary N) is 2. The maximum Gasteiger partial charge on any atom is 0.233 e. The van der Waals surface area contributed by atoms with E-state index >= 15 is 0 Å².